The fraction of sp³-hybridized carbons (Fsp3) is 0.158. The molecule has 26 heavy (non-hydrogen) atoms. The fourth-order valence-corrected chi connectivity index (χ4v) is 2.14. The Morgan fingerprint density at radius 1 is 1.08 bits per heavy atom. The molecular weight excluding hydrogens is 345 g/mol. The molecule has 2 rings (SSSR count). The number of nitrogens with one attached hydrogen (secondary N) is 2. The van der Waals surface area contributed by atoms with Gasteiger partial charge in [0.05, 0.1) is 5.56 Å². The van der Waals surface area contributed by atoms with Crippen molar-refractivity contribution in [2.45, 2.75) is 13.1 Å². The van der Waals surface area contributed by atoms with Crippen molar-refractivity contribution in [3.8, 4) is 0 Å². The lowest BCUT2D eigenvalue weighted by Gasteiger charge is -2.07. The van der Waals surface area contributed by atoms with Crippen molar-refractivity contribution >= 4 is 23.6 Å². The van der Waals surface area contributed by atoms with E-state index in [-0.39, 0.29) is 11.5 Å². The van der Waals surface area contributed by atoms with Gasteiger partial charge in [-0.2, -0.15) is 13.2 Å². The van der Waals surface area contributed by atoms with Crippen molar-refractivity contribution in [3.05, 3.63) is 71.3 Å². The molecular formula is C19H17F3N2O2. The third-order valence-corrected chi connectivity index (χ3v) is 3.39. The Kier molecular flexibility index (Phi) is 6.16. The molecule has 0 radical (unpaired) electrons. The van der Waals surface area contributed by atoms with Crippen molar-refractivity contribution in [1.29, 1.82) is 0 Å². The molecule has 0 saturated carbocycles. The zero-order chi connectivity index (χ0) is 19.2. The van der Waals surface area contributed by atoms with Gasteiger partial charge in [0.15, 0.2) is 0 Å². The maximum Gasteiger partial charge on any atom is 0.416 e. The molecule has 2 aromatic carbocycles. The van der Waals surface area contributed by atoms with E-state index in [0.717, 1.165) is 18.2 Å². The molecule has 0 unspecified atom stereocenters. The van der Waals surface area contributed by atoms with Crippen LogP contribution < -0.4 is 10.6 Å². The predicted molar refractivity (Wildman–Crippen MR) is 93.6 cm³/mol. The molecule has 0 atom stereocenters. The maximum absolute atomic E-state index is 12.7. The molecule has 0 aliphatic heterocycles. The highest BCUT2D eigenvalue weighted by Crippen LogP contribution is 2.29. The van der Waals surface area contributed by atoms with Gasteiger partial charge in [0.1, 0.15) is 0 Å². The van der Waals surface area contributed by atoms with E-state index in [4.69, 9.17) is 0 Å². The molecule has 2 amide bonds. The fourth-order valence-electron chi connectivity index (χ4n) is 2.14. The number of benzene rings is 2. The van der Waals surface area contributed by atoms with E-state index in [1.165, 1.54) is 18.2 Å². The van der Waals surface area contributed by atoms with Gasteiger partial charge in [0.25, 0.3) is 5.91 Å². The Bertz CT molecular complexity index is 812. The second-order valence-electron chi connectivity index (χ2n) is 5.38. The Hall–Kier alpha value is -3.09. The minimum atomic E-state index is -4.43. The third kappa shape index (κ3) is 5.47. The standard InChI is InChI=1S/C19H17F3N2O2/c1-2-23-18(26)14-7-9-16(10-8-14)24-17(25)11-6-13-4-3-5-15(12-13)19(20,21)22/h3-12H,2H2,1H3,(H,23,26)(H,24,25). The summed E-state index contributed by atoms with van der Waals surface area (Å²) in [5.41, 5.74) is 0.420. The van der Waals surface area contributed by atoms with Crippen LogP contribution in [0.15, 0.2) is 54.6 Å². The zero-order valence-electron chi connectivity index (χ0n) is 13.9. The number of carbonyl (C=O) groups is 2. The molecule has 0 spiro atoms. The first kappa shape index (κ1) is 19.2. The molecule has 0 fully saturated rings. The topological polar surface area (TPSA) is 58.2 Å². The number of amides is 2. The summed E-state index contributed by atoms with van der Waals surface area (Å²) < 4.78 is 38.0. The van der Waals surface area contributed by atoms with Gasteiger partial charge in [-0.3, -0.25) is 9.59 Å². The van der Waals surface area contributed by atoms with Crippen LogP contribution in [0, 0.1) is 0 Å². The van der Waals surface area contributed by atoms with Gasteiger partial charge in [-0.1, -0.05) is 12.1 Å². The molecule has 0 bridgehead atoms. The molecule has 0 aromatic heterocycles. The summed E-state index contributed by atoms with van der Waals surface area (Å²) in [6, 6.07) is 11.0. The lowest BCUT2D eigenvalue weighted by Crippen LogP contribution is -2.22. The van der Waals surface area contributed by atoms with Gasteiger partial charge < -0.3 is 10.6 Å². The molecule has 0 heterocycles. The summed E-state index contributed by atoms with van der Waals surface area (Å²) in [7, 11) is 0. The number of alkyl halides is 3. The van der Waals surface area contributed by atoms with E-state index in [1.54, 1.807) is 24.3 Å². The lowest BCUT2D eigenvalue weighted by molar-refractivity contribution is -0.137. The molecule has 0 aliphatic carbocycles. The molecule has 2 N–H and O–H groups in total. The Morgan fingerprint density at radius 2 is 1.77 bits per heavy atom. The highest BCUT2D eigenvalue weighted by Gasteiger charge is 2.30. The van der Waals surface area contributed by atoms with Gasteiger partial charge >= 0.3 is 6.18 Å². The van der Waals surface area contributed by atoms with Crippen LogP contribution in [0.25, 0.3) is 6.08 Å². The first-order chi connectivity index (χ1) is 12.3. The van der Waals surface area contributed by atoms with E-state index in [1.807, 2.05) is 6.92 Å². The highest BCUT2D eigenvalue weighted by molar-refractivity contribution is 6.02. The molecule has 4 nitrogen and oxygen atoms in total. The van der Waals surface area contributed by atoms with Crippen molar-refractivity contribution in [2.75, 3.05) is 11.9 Å². The SMILES string of the molecule is CCNC(=O)c1ccc(NC(=O)C=Cc2cccc(C(F)(F)F)c2)cc1. The number of hydrogen-bond acceptors (Lipinski definition) is 2. The van der Waals surface area contributed by atoms with Gasteiger partial charge in [-0.05, 0) is 55.0 Å². The van der Waals surface area contributed by atoms with E-state index in [0.29, 0.717) is 17.8 Å². The third-order valence-electron chi connectivity index (χ3n) is 3.39. The summed E-state index contributed by atoms with van der Waals surface area (Å²) in [5, 5.41) is 5.23. The number of hydrogen-bond donors (Lipinski definition) is 2. The Labute approximate surface area is 148 Å². The molecule has 0 saturated heterocycles. The van der Waals surface area contributed by atoms with Gasteiger partial charge in [0, 0.05) is 23.9 Å². The first-order valence-electron chi connectivity index (χ1n) is 7.84. The van der Waals surface area contributed by atoms with Crippen LogP contribution in [0.2, 0.25) is 0 Å². The van der Waals surface area contributed by atoms with Crippen molar-refractivity contribution in [1.82, 2.24) is 5.32 Å². The average molecular weight is 362 g/mol. The molecule has 7 heteroatoms. The number of rotatable bonds is 5. The van der Waals surface area contributed by atoms with Crippen LogP contribution in [0.1, 0.15) is 28.4 Å². The number of halogens is 3. The normalized spacial score (nSPS) is 11.4. The summed E-state index contributed by atoms with van der Waals surface area (Å²) >= 11 is 0. The predicted octanol–water partition coefficient (Wildman–Crippen LogP) is 4.11. The van der Waals surface area contributed by atoms with Crippen LogP contribution in [0.4, 0.5) is 18.9 Å². The number of carbonyl (C=O) groups excluding carboxylic acids is 2. The Morgan fingerprint density at radius 3 is 2.38 bits per heavy atom. The van der Waals surface area contributed by atoms with Crippen LogP contribution in [0.3, 0.4) is 0 Å². The molecule has 0 aliphatic rings. The minimum absolute atomic E-state index is 0.213. The van der Waals surface area contributed by atoms with E-state index >= 15 is 0 Å². The van der Waals surface area contributed by atoms with Crippen LogP contribution in [-0.4, -0.2) is 18.4 Å². The average Bonchev–Trinajstić information content (AvgIpc) is 2.60. The van der Waals surface area contributed by atoms with Crippen LogP contribution >= 0.6 is 0 Å². The largest absolute Gasteiger partial charge is 0.416 e. The van der Waals surface area contributed by atoms with Gasteiger partial charge in [-0.15, -0.1) is 0 Å². The minimum Gasteiger partial charge on any atom is -0.352 e. The van der Waals surface area contributed by atoms with Crippen LogP contribution in [-0.2, 0) is 11.0 Å². The van der Waals surface area contributed by atoms with Crippen LogP contribution in [0.5, 0.6) is 0 Å². The second kappa shape index (κ2) is 8.33. The van der Waals surface area contributed by atoms with E-state index in [9.17, 15) is 22.8 Å². The molecule has 2 aromatic rings. The van der Waals surface area contributed by atoms with Crippen molar-refractivity contribution in [2.24, 2.45) is 0 Å². The monoisotopic (exact) mass is 362 g/mol. The number of anilines is 1. The Balaban J connectivity index is 2.00. The van der Waals surface area contributed by atoms with Gasteiger partial charge in [-0.25, -0.2) is 0 Å². The first-order valence-corrected chi connectivity index (χ1v) is 7.84. The maximum atomic E-state index is 12.7. The summed E-state index contributed by atoms with van der Waals surface area (Å²) in [6.45, 7) is 2.32. The zero-order valence-corrected chi connectivity index (χ0v) is 13.9. The van der Waals surface area contributed by atoms with Gasteiger partial charge in [0.2, 0.25) is 5.91 Å². The summed E-state index contributed by atoms with van der Waals surface area (Å²) in [6.07, 6.45) is -1.99. The van der Waals surface area contributed by atoms with E-state index < -0.39 is 17.6 Å². The smallest absolute Gasteiger partial charge is 0.352 e. The summed E-state index contributed by atoms with van der Waals surface area (Å²) in [5.74, 6) is -0.706. The molecule has 136 valence electrons. The van der Waals surface area contributed by atoms with Crippen molar-refractivity contribution < 1.29 is 22.8 Å². The highest BCUT2D eigenvalue weighted by atomic mass is 19.4. The second-order valence-corrected chi connectivity index (χ2v) is 5.38. The lowest BCUT2D eigenvalue weighted by atomic mass is 10.1. The quantitative estimate of drug-likeness (QED) is 0.787. The van der Waals surface area contributed by atoms with Crippen molar-refractivity contribution in [3.63, 3.8) is 0 Å². The summed E-state index contributed by atoms with van der Waals surface area (Å²) in [4.78, 5) is 23.5. The van der Waals surface area contributed by atoms with E-state index in [2.05, 4.69) is 10.6 Å².